The lowest BCUT2D eigenvalue weighted by molar-refractivity contribution is -0.0990. The predicted molar refractivity (Wildman–Crippen MR) is 61.9 cm³/mol. The second-order valence-electron chi connectivity index (χ2n) is 4.42. The topological polar surface area (TPSA) is 30.5 Å². The SMILES string of the molecule is COC(CNCC1CCCCCC1)OC. The van der Waals surface area contributed by atoms with E-state index in [0.29, 0.717) is 0 Å². The Balaban J connectivity index is 2.07. The molecule has 1 N–H and O–H groups in total. The van der Waals surface area contributed by atoms with Gasteiger partial charge in [0.05, 0.1) is 0 Å². The van der Waals surface area contributed by atoms with Crippen molar-refractivity contribution in [3.05, 3.63) is 0 Å². The van der Waals surface area contributed by atoms with Gasteiger partial charge >= 0.3 is 0 Å². The van der Waals surface area contributed by atoms with Crippen LogP contribution in [0.2, 0.25) is 0 Å². The van der Waals surface area contributed by atoms with Crippen LogP contribution in [0.4, 0.5) is 0 Å². The number of ether oxygens (including phenoxy) is 2. The van der Waals surface area contributed by atoms with E-state index in [4.69, 9.17) is 9.47 Å². The first-order valence-corrected chi connectivity index (χ1v) is 6.13. The molecule has 0 heterocycles. The fourth-order valence-electron chi connectivity index (χ4n) is 2.24. The van der Waals surface area contributed by atoms with Crippen molar-refractivity contribution in [2.45, 2.75) is 44.8 Å². The summed E-state index contributed by atoms with van der Waals surface area (Å²) in [6.45, 7) is 1.91. The molecule has 0 aromatic rings. The minimum atomic E-state index is -0.101. The van der Waals surface area contributed by atoms with Crippen LogP contribution >= 0.6 is 0 Å². The van der Waals surface area contributed by atoms with E-state index in [1.54, 1.807) is 14.2 Å². The molecule has 0 unspecified atom stereocenters. The zero-order valence-corrected chi connectivity index (χ0v) is 10.1. The number of hydrogen-bond donors (Lipinski definition) is 1. The standard InChI is InChI=1S/C12H25NO2/c1-14-12(15-2)10-13-9-11-7-5-3-4-6-8-11/h11-13H,3-10H2,1-2H3. The highest BCUT2D eigenvalue weighted by Crippen LogP contribution is 2.21. The summed E-state index contributed by atoms with van der Waals surface area (Å²) in [5, 5.41) is 3.43. The first-order valence-electron chi connectivity index (χ1n) is 6.13. The molecule has 0 saturated heterocycles. The van der Waals surface area contributed by atoms with E-state index in [1.807, 2.05) is 0 Å². The second-order valence-corrected chi connectivity index (χ2v) is 4.42. The molecule has 0 aromatic carbocycles. The van der Waals surface area contributed by atoms with Crippen molar-refractivity contribution in [1.29, 1.82) is 0 Å². The van der Waals surface area contributed by atoms with Crippen LogP contribution in [-0.4, -0.2) is 33.6 Å². The van der Waals surface area contributed by atoms with E-state index < -0.39 is 0 Å². The van der Waals surface area contributed by atoms with Gasteiger partial charge in [0.15, 0.2) is 6.29 Å². The van der Waals surface area contributed by atoms with E-state index in [1.165, 1.54) is 38.5 Å². The number of methoxy groups -OCH3 is 2. The van der Waals surface area contributed by atoms with E-state index in [9.17, 15) is 0 Å². The van der Waals surface area contributed by atoms with E-state index in [0.717, 1.165) is 19.0 Å². The zero-order chi connectivity index (χ0) is 10.9. The molecular weight excluding hydrogens is 190 g/mol. The van der Waals surface area contributed by atoms with Gasteiger partial charge in [-0.25, -0.2) is 0 Å². The molecule has 0 amide bonds. The third-order valence-electron chi connectivity index (χ3n) is 3.24. The van der Waals surface area contributed by atoms with Crippen LogP contribution in [0, 0.1) is 5.92 Å². The predicted octanol–water partition coefficient (Wildman–Crippen LogP) is 2.17. The smallest absolute Gasteiger partial charge is 0.169 e. The fourth-order valence-corrected chi connectivity index (χ4v) is 2.24. The molecule has 1 saturated carbocycles. The van der Waals surface area contributed by atoms with Gasteiger partial charge in [0, 0.05) is 20.8 Å². The average Bonchev–Trinajstić information content (AvgIpc) is 2.53. The normalized spacial score (nSPS) is 19.4. The highest BCUT2D eigenvalue weighted by Gasteiger charge is 2.12. The molecule has 0 aliphatic heterocycles. The van der Waals surface area contributed by atoms with Crippen molar-refractivity contribution in [2.24, 2.45) is 5.92 Å². The second kappa shape index (κ2) is 8.08. The molecule has 1 fully saturated rings. The van der Waals surface area contributed by atoms with Gasteiger partial charge in [-0.3, -0.25) is 0 Å². The van der Waals surface area contributed by atoms with Crippen LogP contribution in [0.1, 0.15) is 38.5 Å². The molecule has 0 aromatic heterocycles. The first-order chi connectivity index (χ1) is 7.36. The average molecular weight is 215 g/mol. The summed E-state index contributed by atoms with van der Waals surface area (Å²) in [4.78, 5) is 0. The Morgan fingerprint density at radius 2 is 1.67 bits per heavy atom. The summed E-state index contributed by atoms with van der Waals surface area (Å²) in [6, 6.07) is 0. The Hall–Kier alpha value is -0.120. The van der Waals surface area contributed by atoms with Crippen molar-refractivity contribution in [3.8, 4) is 0 Å². The highest BCUT2D eigenvalue weighted by atomic mass is 16.7. The fraction of sp³-hybridized carbons (Fsp3) is 1.00. The molecule has 0 bridgehead atoms. The lowest BCUT2D eigenvalue weighted by Gasteiger charge is -2.18. The maximum atomic E-state index is 5.13. The Morgan fingerprint density at radius 1 is 1.07 bits per heavy atom. The van der Waals surface area contributed by atoms with Crippen molar-refractivity contribution >= 4 is 0 Å². The molecule has 3 heteroatoms. The molecular formula is C12H25NO2. The molecule has 0 spiro atoms. The van der Waals surface area contributed by atoms with Crippen LogP contribution in [0.25, 0.3) is 0 Å². The number of nitrogens with one attached hydrogen (secondary N) is 1. The van der Waals surface area contributed by atoms with Gasteiger partial charge in [0.25, 0.3) is 0 Å². The molecule has 0 radical (unpaired) electrons. The molecule has 3 nitrogen and oxygen atoms in total. The largest absolute Gasteiger partial charge is 0.355 e. The maximum Gasteiger partial charge on any atom is 0.169 e. The Labute approximate surface area is 93.5 Å². The number of hydrogen-bond acceptors (Lipinski definition) is 3. The molecule has 0 atom stereocenters. The van der Waals surface area contributed by atoms with Crippen LogP contribution in [0.15, 0.2) is 0 Å². The summed E-state index contributed by atoms with van der Waals surface area (Å²) in [6.07, 6.45) is 8.34. The third kappa shape index (κ3) is 5.50. The molecule has 1 aliphatic carbocycles. The number of rotatable bonds is 6. The first kappa shape index (κ1) is 12.9. The van der Waals surface area contributed by atoms with Gasteiger partial charge in [0.1, 0.15) is 0 Å². The molecule has 1 rings (SSSR count). The third-order valence-corrected chi connectivity index (χ3v) is 3.24. The van der Waals surface area contributed by atoms with Gasteiger partial charge in [0.2, 0.25) is 0 Å². The Kier molecular flexibility index (Phi) is 6.98. The Morgan fingerprint density at radius 3 is 2.20 bits per heavy atom. The maximum absolute atomic E-state index is 5.13. The van der Waals surface area contributed by atoms with Gasteiger partial charge in [-0.2, -0.15) is 0 Å². The summed E-state index contributed by atoms with van der Waals surface area (Å²) in [5.74, 6) is 0.863. The molecule has 1 aliphatic rings. The Bertz CT molecular complexity index is 141. The lowest BCUT2D eigenvalue weighted by atomic mass is 10.0. The summed E-state index contributed by atoms with van der Waals surface area (Å²) < 4.78 is 10.3. The summed E-state index contributed by atoms with van der Waals surface area (Å²) >= 11 is 0. The van der Waals surface area contributed by atoms with Crippen molar-refractivity contribution in [1.82, 2.24) is 5.32 Å². The minimum Gasteiger partial charge on any atom is -0.355 e. The van der Waals surface area contributed by atoms with Crippen LogP contribution in [-0.2, 0) is 9.47 Å². The van der Waals surface area contributed by atoms with E-state index in [2.05, 4.69) is 5.32 Å². The quantitative estimate of drug-likeness (QED) is 0.544. The lowest BCUT2D eigenvalue weighted by Crippen LogP contribution is -2.33. The van der Waals surface area contributed by atoms with Gasteiger partial charge in [-0.05, 0) is 25.3 Å². The van der Waals surface area contributed by atoms with Crippen molar-refractivity contribution in [3.63, 3.8) is 0 Å². The van der Waals surface area contributed by atoms with Crippen molar-refractivity contribution < 1.29 is 9.47 Å². The van der Waals surface area contributed by atoms with Gasteiger partial charge in [-0.15, -0.1) is 0 Å². The molecule has 90 valence electrons. The van der Waals surface area contributed by atoms with Gasteiger partial charge < -0.3 is 14.8 Å². The summed E-state index contributed by atoms with van der Waals surface area (Å²) in [7, 11) is 3.36. The van der Waals surface area contributed by atoms with Crippen molar-refractivity contribution in [2.75, 3.05) is 27.3 Å². The zero-order valence-electron chi connectivity index (χ0n) is 10.1. The molecule has 15 heavy (non-hydrogen) atoms. The van der Waals surface area contributed by atoms with Crippen LogP contribution in [0.5, 0.6) is 0 Å². The summed E-state index contributed by atoms with van der Waals surface area (Å²) in [5.41, 5.74) is 0. The van der Waals surface area contributed by atoms with E-state index >= 15 is 0 Å². The van der Waals surface area contributed by atoms with E-state index in [-0.39, 0.29) is 6.29 Å². The monoisotopic (exact) mass is 215 g/mol. The van der Waals surface area contributed by atoms with Gasteiger partial charge in [-0.1, -0.05) is 25.7 Å². The van der Waals surface area contributed by atoms with Crippen LogP contribution < -0.4 is 5.32 Å². The van der Waals surface area contributed by atoms with Crippen LogP contribution in [0.3, 0.4) is 0 Å². The highest BCUT2D eigenvalue weighted by molar-refractivity contribution is 4.67. The minimum absolute atomic E-state index is 0.101.